The Hall–Kier alpha value is 0.0187. The van der Waals surface area contributed by atoms with Gasteiger partial charge in [-0.2, -0.15) is 0 Å². The molecule has 0 amide bonds. The summed E-state index contributed by atoms with van der Waals surface area (Å²) in [5, 5.41) is 0. The summed E-state index contributed by atoms with van der Waals surface area (Å²) in [6.45, 7) is 0. The van der Waals surface area contributed by atoms with Gasteiger partial charge in [0.1, 0.15) is 0 Å². The molecule has 0 radical (unpaired) electrons. The fraction of sp³-hybridized carbons (Fsp3) is 0.400. The van der Waals surface area contributed by atoms with E-state index in [0.717, 1.165) is 0 Å². The molecule has 0 saturated heterocycles. The summed E-state index contributed by atoms with van der Waals surface area (Å²) >= 11 is 1.67. The first kappa shape index (κ1) is 9.11. The maximum atomic E-state index is 2.21. The second kappa shape index (κ2) is 5.64. The minimum atomic E-state index is 1.26. The molecule has 0 bridgehead atoms. The van der Waals surface area contributed by atoms with Crippen molar-refractivity contribution in [3.05, 3.63) is 35.9 Å². The number of benzene rings is 1. The van der Waals surface area contributed by atoms with E-state index in [-0.39, 0.29) is 0 Å². The van der Waals surface area contributed by atoms with Crippen LogP contribution in [0.25, 0.3) is 0 Å². The third-order valence-electron chi connectivity index (χ3n) is 1.74. The second-order valence-electron chi connectivity index (χ2n) is 2.69. The van der Waals surface area contributed by atoms with Crippen LogP contribution in [0.15, 0.2) is 30.3 Å². The molecule has 0 spiro atoms. The van der Waals surface area contributed by atoms with Crippen molar-refractivity contribution < 1.29 is 0 Å². The van der Waals surface area contributed by atoms with Gasteiger partial charge in [-0.05, 0) is 0 Å². The van der Waals surface area contributed by atoms with Gasteiger partial charge in [0.05, 0.1) is 0 Å². The number of hydrogen-bond acceptors (Lipinski definition) is 0. The molecule has 1 aromatic rings. The molecule has 0 aliphatic carbocycles. The summed E-state index contributed by atoms with van der Waals surface area (Å²) in [5.74, 6) is 0. The molecule has 0 N–H and O–H groups in total. The Kier molecular flexibility index (Phi) is 4.67. The van der Waals surface area contributed by atoms with E-state index in [2.05, 4.69) is 30.3 Å². The molecule has 1 heteroatoms. The van der Waals surface area contributed by atoms with E-state index >= 15 is 0 Å². The number of aryl methyl sites for hydroxylation is 1. The molecule has 1 rings (SSSR count). The van der Waals surface area contributed by atoms with Crippen LogP contribution in [0.3, 0.4) is 0 Å². The number of rotatable bonds is 4. The van der Waals surface area contributed by atoms with E-state index in [0.29, 0.717) is 0 Å². The molecule has 0 nitrogen and oxygen atoms in total. The molecule has 11 heavy (non-hydrogen) atoms. The van der Waals surface area contributed by atoms with Crippen LogP contribution in [0.1, 0.15) is 18.4 Å². The van der Waals surface area contributed by atoms with Crippen LogP contribution >= 0.6 is 0 Å². The van der Waals surface area contributed by atoms with E-state index in [1.54, 1.807) is 22.5 Å². The molecule has 0 saturated carbocycles. The van der Waals surface area contributed by atoms with Gasteiger partial charge in [-0.15, -0.1) is 0 Å². The van der Waals surface area contributed by atoms with Gasteiger partial charge in [0.25, 0.3) is 0 Å². The first-order chi connectivity index (χ1) is 5.43. The predicted molar refractivity (Wildman–Crippen MR) is 49.9 cm³/mol. The Balaban J connectivity index is 2.28. The van der Waals surface area contributed by atoms with Crippen LogP contribution in [0.5, 0.6) is 0 Å². The molecule has 0 aliphatic heterocycles. The number of unbranched alkanes of at least 4 members (excludes halogenated alkanes) is 1. The molecule has 0 aliphatic rings. The van der Waals surface area contributed by atoms with E-state index in [4.69, 9.17) is 0 Å². The van der Waals surface area contributed by atoms with Crippen LogP contribution in [0, 0.1) is 0 Å². The third-order valence-corrected chi connectivity index (χ3v) is 2.74. The fourth-order valence-corrected chi connectivity index (χ4v) is 1.81. The van der Waals surface area contributed by atoms with E-state index < -0.39 is 0 Å². The SMILES string of the molecule is [Sn+3][CH2]CCCc1ccccc1. The summed E-state index contributed by atoms with van der Waals surface area (Å²) in [6, 6.07) is 10.7. The number of hydrogen-bond donors (Lipinski definition) is 0. The van der Waals surface area contributed by atoms with Crippen LogP contribution < -0.4 is 0 Å². The van der Waals surface area contributed by atoms with Crippen LogP contribution in [-0.2, 0) is 6.42 Å². The van der Waals surface area contributed by atoms with Gasteiger partial charge in [-0.25, -0.2) is 0 Å². The Morgan fingerprint density at radius 1 is 1.00 bits per heavy atom. The molecular formula is C10H13Sn+3. The molecule has 54 valence electrons. The standard InChI is InChI=1S/C10H13.Sn/c1-2-3-7-10-8-5-4-6-9-10;/h4-6,8-9H,1-3,7H2;/q;+3. The first-order valence-corrected chi connectivity index (χ1v) is 6.14. The van der Waals surface area contributed by atoms with Gasteiger partial charge >= 0.3 is 82.1 Å². The first-order valence-electron chi connectivity index (χ1n) is 4.12. The van der Waals surface area contributed by atoms with Gasteiger partial charge in [0, 0.05) is 0 Å². The summed E-state index contributed by atoms with van der Waals surface area (Å²) in [5.41, 5.74) is 1.48. The molecule has 0 atom stereocenters. The van der Waals surface area contributed by atoms with Crippen LogP contribution in [0.2, 0.25) is 4.44 Å². The van der Waals surface area contributed by atoms with E-state index in [9.17, 15) is 0 Å². The zero-order chi connectivity index (χ0) is 7.94. The van der Waals surface area contributed by atoms with E-state index in [1.165, 1.54) is 29.3 Å². The third kappa shape index (κ3) is 3.80. The average Bonchev–Trinajstić information content (AvgIpc) is 2.07. The van der Waals surface area contributed by atoms with Crippen molar-refractivity contribution in [2.24, 2.45) is 0 Å². The van der Waals surface area contributed by atoms with Gasteiger partial charge in [0.15, 0.2) is 0 Å². The second-order valence-corrected chi connectivity index (χ2v) is 4.12. The normalized spacial score (nSPS) is 10.0. The van der Waals surface area contributed by atoms with Gasteiger partial charge in [-0.3, -0.25) is 0 Å². The van der Waals surface area contributed by atoms with E-state index in [1.807, 2.05) is 0 Å². The summed E-state index contributed by atoms with van der Waals surface area (Å²) in [7, 11) is 0. The molecule has 0 unspecified atom stereocenters. The average molecular weight is 252 g/mol. The quantitative estimate of drug-likeness (QED) is 0.570. The Labute approximate surface area is 82.1 Å². The Morgan fingerprint density at radius 3 is 2.36 bits per heavy atom. The van der Waals surface area contributed by atoms with Crippen LogP contribution in [0.4, 0.5) is 0 Å². The van der Waals surface area contributed by atoms with Crippen molar-refractivity contribution in [3.63, 3.8) is 0 Å². The molecule has 0 heterocycles. The molecule has 0 aromatic heterocycles. The van der Waals surface area contributed by atoms with Crippen molar-refractivity contribution >= 4 is 22.5 Å². The van der Waals surface area contributed by atoms with Gasteiger partial charge in [-0.1, -0.05) is 0 Å². The predicted octanol–water partition coefficient (Wildman–Crippen LogP) is 2.60. The van der Waals surface area contributed by atoms with Crippen LogP contribution in [-0.4, -0.2) is 22.5 Å². The molecule has 1 aromatic carbocycles. The van der Waals surface area contributed by atoms with Crippen molar-refractivity contribution in [3.8, 4) is 0 Å². The fourth-order valence-electron chi connectivity index (χ4n) is 1.10. The Morgan fingerprint density at radius 2 is 1.73 bits per heavy atom. The monoisotopic (exact) mass is 253 g/mol. The van der Waals surface area contributed by atoms with Crippen molar-refractivity contribution in [2.45, 2.75) is 23.7 Å². The Bertz CT molecular complexity index is 181. The summed E-state index contributed by atoms with van der Waals surface area (Å²) in [4.78, 5) is 0. The maximum absolute atomic E-state index is 2.21. The van der Waals surface area contributed by atoms with Crippen molar-refractivity contribution in [1.82, 2.24) is 0 Å². The van der Waals surface area contributed by atoms with Gasteiger partial charge < -0.3 is 0 Å². The van der Waals surface area contributed by atoms with Crippen molar-refractivity contribution in [1.29, 1.82) is 0 Å². The topological polar surface area (TPSA) is 0 Å². The minimum absolute atomic E-state index is 1.26. The van der Waals surface area contributed by atoms with Crippen molar-refractivity contribution in [2.75, 3.05) is 0 Å². The molecule has 0 fully saturated rings. The summed E-state index contributed by atoms with van der Waals surface area (Å²) < 4.78 is 1.40. The zero-order valence-electron chi connectivity index (χ0n) is 6.72. The molecular weight excluding hydrogens is 239 g/mol. The zero-order valence-corrected chi connectivity index (χ0v) is 9.57. The summed E-state index contributed by atoms with van der Waals surface area (Å²) in [6.07, 6.45) is 4.01. The van der Waals surface area contributed by atoms with Gasteiger partial charge in [0.2, 0.25) is 0 Å².